The first kappa shape index (κ1) is 20.2. The summed E-state index contributed by atoms with van der Waals surface area (Å²) in [6.45, 7) is 0.561. The van der Waals surface area contributed by atoms with Crippen LogP contribution in [0.2, 0.25) is 0 Å². The van der Waals surface area contributed by atoms with Crippen LogP contribution in [-0.2, 0) is 6.61 Å². The second-order valence-electron chi connectivity index (χ2n) is 8.10. The van der Waals surface area contributed by atoms with Crippen molar-refractivity contribution in [1.82, 2.24) is 10.6 Å². The summed E-state index contributed by atoms with van der Waals surface area (Å²) in [4.78, 5) is 10.7. The molecule has 2 saturated carbocycles. The third-order valence-corrected chi connectivity index (χ3v) is 6.39. The Hall–Kier alpha value is -2.05. The molecule has 6 heteroatoms. The van der Waals surface area contributed by atoms with E-state index in [0.717, 1.165) is 41.5 Å². The largest absolute Gasteiger partial charge is 0.489 e. The minimum Gasteiger partial charge on any atom is -0.489 e. The maximum Gasteiger partial charge on any atom is 0.404 e. The molecule has 154 valence electrons. The molecule has 0 heterocycles. The average Bonchev–Trinajstić information content (AvgIpc) is 3.47. The van der Waals surface area contributed by atoms with Crippen LogP contribution in [0.25, 0.3) is 0 Å². The zero-order valence-corrected chi connectivity index (χ0v) is 17.9. The summed E-state index contributed by atoms with van der Waals surface area (Å²) >= 11 is 3.49. The lowest BCUT2D eigenvalue weighted by Gasteiger charge is -2.29. The van der Waals surface area contributed by atoms with Gasteiger partial charge in [0.1, 0.15) is 12.4 Å². The van der Waals surface area contributed by atoms with Crippen molar-refractivity contribution in [3.05, 3.63) is 64.1 Å². The first-order valence-electron chi connectivity index (χ1n) is 10.3. The molecule has 2 aromatic rings. The molecule has 5 nitrogen and oxygen atoms in total. The zero-order valence-electron chi connectivity index (χ0n) is 16.3. The minimum absolute atomic E-state index is 0.116. The second kappa shape index (κ2) is 9.18. The number of hydrogen-bond acceptors (Lipinski definition) is 3. The summed E-state index contributed by atoms with van der Waals surface area (Å²) < 4.78 is 6.97. The van der Waals surface area contributed by atoms with E-state index < -0.39 is 6.09 Å². The van der Waals surface area contributed by atoms with E-state index in [1.807, 2.05) is 12.1 Å². The van der Waals surface area contributed by atoms with Crippen LogP contribution in [0.1, 0.15) is 49.1 Å². The summed E-state index contributed by atoms with van der Waals surface area (Å²) in [5.41, 5.74) is 2.50. The molecule has 2 fully saturated rings. The van der Waals surface area contributed by atoms with Gasteiger partial charge in [-0.25, -0.2) is 4.79 Å². The summed E-state index contributed by atoms with van der Waals surface area (Å²) in [6.07, 6.45) is 4.18. The van der Waals surface area contributed by atoms with Gasteiger partial charge in [-0.3, -0.25) is 0 Å². The van der Waals surface area contributed by atoms with Crippen LogP contribution in [0.15, 0.2) is 53.0 Å². The van der Waals surface area contributed by atoms with Crippen molar-refractivity contribution in [3.63, 3.8) is 0 Å². The Morgan fingerprint density at radius 2 is 1.79 bits per heavy atom. The summed E-state index contributed by atoms with van der Waals surface area (Å²) in [5, 5.41) is 15.2. The first-order valence-corrected chi connectivity index (χ1v) is 11.1. The molecule has 4 rings (SSSR count). The van der Waals surface area contributed by atoms with E-state index >= 15 is 0 Å². The lowest BCUT2D eigenvalue weighted by Crippen LogP contribution is -2.42. The van der Waals surface area contributed by atoms with Crippen LogP contribution < -0.4 is 15.4 Å². The Morgan fingerprint density at radius 3 is 2.48 bits per heavy atom. The number of benzene rings is 2. The molecule has 1 amide bonds. The van der Waals surface area contributed by atoms with Crippen molar-refractivity contribution in [2.24, 2.45) is 0 Å². The van der Waals surface area contributed by atoms with Crippen molar-refractivity contribution >= 4 is 22.0 Å². The van der Waals surface area contributed by atoms with E-state index in [9.17, 15) is 4.79 Å². The first-order chi connectivity index (χ1) is 14.1. The van der Waals surface area contributed by atoms with Gasteiger partial charge in [-0.15, -0.1) is 0 Å². The SMILES string of the molecule is O=C(O)NC1CCC(NC2CC2c2ccc(OCc3cccc(Br)c3)cc2)CC1. The molecule has 0 saturated heterocycles. The topological polar surface area (TPSA) is 70.6 Å². The average molecular weight is 459 g/mol. The van der Waals surface area contributed by atoms with Crippen LogP contribution in [0.5, 0.6) is 5.75 Å². The Labute approximate surface area is 180 Å². The van der Waals surface area contributed by atoms with E-state index in [4.69, 9.17) is 9.84 Å². The fraction of sp³-hybridized carbons (Fsp3) is 0.435. The molecule has 0 bridgehead atoms. The molecule has 0 radical (unpaired) electrons. The monoisotopic (exact) mass is 458 g/mol. The number of halogens is 1. The molecule has 0 spiro atoms. The molecule has 3 N–H and O–H groups in total. The van der Waals surface area contributed by atoms with Gasteiger partial charge >= 0.3 is 6.09 Å². The Kier molecular flexibility index (Phi) is 6.40. The number of hydrogen-bond donors (Lipinski definition) is 3. The van der Waals surface area contributed by atoms with Gasteiger partial charge in [-0.05, 0) is 67.5 Å². The highest BCUT2D eigenvalue weighted by atomic mass is 79.9. The molecule has 0 aromatic heterocycles. The van der Waals surface area contributed by atoms with Crippen LogP contribution in [0, 0.1) is 0 Å². The van der Waals surface area contributed by atoms with Crippen LogP contribution in [0.3, 0.4) is 0 Å². The van der Waals surface area contributed by atoms with Crippen molar-refractivity contribution in [3.8, 4) is 5.75 Å². The van der Waals surface area contributed by atoms with Crippen molar-refractivity contribution < 1.29 is 14.6 Å². The third-order valence-electron chi connectivity index (χ3n) is 5.90. The summed E-state index contributed by atoms with van der Waals surface area (Å²) in [5.74, 6) is 1.46. The molecule has 29 heavy (non-hydrogen) atoms. The van der Waals surface area contributed by atoms with Gasteiger partial charge in [-0.2, -0.15) is 0 Å². The van der Waals surface area contributed by atoms with E-state index in [-0.39, 0.29) is 6.04 Å². The van der Waals surface area contributed by atoms with E-state index in [1.54, 1.807) is 0 Å². The van der Waals surface area contributed by atoms with E-state index in [2.05, 4.69) is 63.0 Å². The highest BCUT2D eigenvalue weighted by Gasteiger charge is 2.39. The Morgan fingerprint density at radius 1 is 1.07 bits per heavy atom. The van der Waals surface area contributed by atoms with Gasteiger partial charge in [0, 0.05) is 28.5 Å². The lowest BCUT2D eigenvalue weighted by atomic mass is 9.91. The molecule has 2 aromatic carbocycles. The Bertz CT molecular complexity index is 834. The fourth-order valence-corrected chi connectivity index (χ4v) is 4.68. The number of rotatable bonds is 7. The smallest absolute Gasteiger partial charge is 0.404 e. The maximum absolute atomic E-state index is 10.7. The second-order valence-corrected chi connectivity index (χ2v) is 9.02. The summed E-state index contributed by atoms with van der Waals surface area (Å²) in [7, 11) is 0. The van der Waals surface area contributed by atoms with E-state index in [0.29, 0.717) is 24.6 Å². The lowest BCUT2D eigenvalue weighted by molar-refractivity contribution is 0.183. The predicted octanol–water partition coefficient (Wildman–Crippen LogP) is 5.05. The van der Waals surface area contributed by atoms with Gasteiger partial charge in [0.25, 0.3) is 0 Å². The normalized spacial score (nSPS) is 26.0. The van der Waals surface area contributed by atoms with E-state index in [1.165, 1.54) is 12.0 Å². The van der Waals surface area contributed by atoms with Crippen molar-refractivity contribution in [1.29, 1.82) is 0 Å². The third kappa shape index (κ3) is 5.73. The minimum atomic E-state index is -0.910. The van der Waals surface area contributed by atoms with Gasteiger partial charge in [0.2, 0.25) is 0 Å². The number of carboxylic acid groups (broad SMARTS) is 1. The molecular formula is C23H27BrN2O3. The maximum atomic E-state index is 10.7. The number of amides is 1. The molecular weight excluding hydrogens is 432 g/mol. The van der Waals surface area contributed by atoms with Crippen LogP contribution in [0.4, 0.5) is 4.79 Å². The predicted molar refractivity (Wildman–Crippen MR) is 116 cm³/mol. The number of ether oxygens (including phenoxy) is 1. The number of carbonyl (C=O) groups is 1. The van der Waals surface area contributed by atoms with Gasteiger partial charge < -0.3 is 20.5 Å². The van der Waals surface area contributed by atoms with Crippen molar-refractivity contribution in [2.45, 2.75) is 62.8 Å². The highest BCUT2D eigenvalue weighted by molar-refractivity contribution is 9.10. The fourth-order valence-electron chi connectivity index (χ4n) is 4.23. The molecule has 2 unspecified atom stereocenters. The molecule has 2 atom stereocenters. The highest BCUT2D eigenvalue weighted by Crippen LogP contribution is 2.42. The van der Waals surface area contributed by atoms with Gasteiger partial charge in [0.05, 0.1) is 0 Å². The van der Waals surface area contributed by atoms with Crippen LogP contribution in [-0.4, -0.2) is 29.3 Å². The Balaban J connectivity index is 1.21. The quantitative estimate of drug-likeness (QED) is 0.542. The van der Waals surface area contributed by atoms with Gasteiger partial charge in [-0.1, -0.05) is 40.2 Å². The molecule has 2 aliphatic rings. The van der Waals surface area contributed by atoms with Gasteiger partial charge in [0.15, 0.2) is 0 Å². The standard InChI is InChI=1S/C23H27BrN2O3/c24-17-3-1-2-15(12-17)14-29-20-10-4-16(5-11-20)21-13-22(21)25-18-6-8-19(9-7-18)26-23(27)28/h1-5,10-12,18-19,21-22,25-26H,6-9,13-14H2,(H,27,28). The summed E-state index contributed by atoms with van der Waals surface area (Å²) in [6, 6.07) is 17.8. The number of nitrogens with one attached hydrogen (secondary N) is 2. The molecule has 2 aliphatic carbocycles. The zero-order chi connectivity index (χ0) is 20.2. The van der Waals surface area contributed by atoms with Crippen molar-refractivity contribution in [2.75, 3.05) is 0 Å². The van der Waals surface area contributed by atoms with Crippen LogP contribution >= 0.6 is 15.9 Å². The molecule has 0 aliphatic heterocycles.